The average Bonchev–Trinajstić information content (AvgIpc) is 2.92. The van der Waals surface area contributed by atoms with Gasteiger partial charge >= 0.3 is 5.69 Å². The number of imidazole rings is 1. The van der Waals surface area contributed by atoms with Gasteiger partial charge in [-0.3, -0.25) is 14.8 Å². The lowest BCUT2D eigenvalue weighted by molar-refractivity contribution is -0.385. The van der Waals surface area contributed by atoms with Gasteiger partial charge in [-0.25, -0.2) is 4.98 Å². The van der Waals surface area contributed by atoms with Crippen LogP contribution in [0.1, 0.15) is 0 Å². The summed E-state index contributed by atoms with van der Waals surface area (Å²) in [6, 6.07) is 3.75. The number of nitrogens with one attached hydrogen (secondary N) is 2. The first-order valence-corrected chi connectivity index (χ1v) is 6.76. The molecule has 1 aromatic carbocycles. The van der Waals surface area contributed by atoms with Gasteiger partial charge in [0.15, 0.2) is 10.8 Å². The predicted molar refractivity (Wildman–Crippen MR) is 69.0 cm³/mol. The van der Waals surface area contributed by atoms with Crippen molar-refractivity contribution in [2.45, 2.75) is 5.03 Å². The number of rotatable bonds is 5. The van der Waals surface area contributed by atoms with Gasteiger partial charge in [-0.1, -0.05) is 0 Å². The lowest BCUT2D eigenvalue weighted by Gasteiger charge is -2.07. The van der Waals surface area contributed by atoms with Gasteiger partial charge in [0.1, 0.15) is 0 Å². The summed E-state index contributed by atoms with van der Waals surface area (Å²) in [5.74, 6) is 0.0412. The normalized spacial score (nSPS) is 11.1. The second kappa shape index (κ2) is 5.17. The fourth-order valence-electron chi connectivity index (χ4n) is 1.50. The first kappa shape index (κ1) is 13.8. The molecule has 0 atom stereocenters. The molecule has 2 N–H and O–H groups in total. The fourth-order valence-corrected chi connectivity index (χ4v) is 2.45. The minimum atomic E-state index is -3.86. The third-order valence-corrected chi connectivity index (χ3v) is 3.70. The Bertz CT molecular complexity index is 726. The number of ether oxygens (including phenoxy) is 1. The lowest BCUT2D eigenvalue weighted by atomic mass is 10.2. The third kappa shape index (κ3) is 2.69. The Kier molecular flexibility index (Phi) is 3.57. The highest BCUT2D eigenvalue weighted by Gasteiger charge is 2.19. The average molecular weight is 298 g/mol. The monoisotopic (exact) mass is 298 g/mol. The van der Waals surface area contributed by atoms with Crippen molar-refractivity contribution in [2.24, 2.45) is 0 Å². The molecule has 0 radical (unpaired) electrons. The zero-order chi connectivity index (χ0) is 14.8. The largest absolute Gasteiger partial charge is 0.490 e. The van der Waals surface area contributed by atoms with Gasteiger partial charge in [-0.05, 0) is 12.1 Å². The molecule has 20 heavy (non-hydrogen) atoms. The molecule has 1 heterocycles. The molecule has 0 saturated carbocycles. The number of benzene rings is 1. The Morgan fingerprint density at radius 1 is 1.45 bits per heavy atom. The molecular weight excluding hydrogens is 288 g/mol. The van der Waals surface area contributed by atoms with Crippen LogP contribution in [0, 0.1) is 10.1 Å². The van der Waals surface area contributed by atoms with Gasteiger partial charge in [0.25, 0.3) is 10.0 Å². The van der Waals surface area contributed by atoms with Crippen LogP contribution in [0.3, 0.4) is 0 Å². The van der Waals surface area contributed by atoms with Crippen molar-refractivity contribution in [3.8, 4) is 5.75 Å². The van der Waals surface area contributed by atoms with E-state index in [0.29, 0.717) is 0 Å². The molecule has 0 aliphatic rings. The third-order valence-electron chi connectivity index (χ3n) is 2.39. The molecule has 0 saturated heterocycles. The molecule has 9 nitrogen and oxygen atoms in total. The quantitative estimate of drug-likeness (QED) is 0.629. The van der Waals surface area contributed by atoms with Crippen molar-refractivity contribution in [2.75, 3.05) is 11.8 Å². The summed E-state index contributed by atoms with van der Waals surface area (Å²) in [4.78, 5) is 16.2. The van der Waals surface area contributed by atoms with E-state index >= 15 is 0 Å². The van der Waals surface area contributed by atoms with E-state index in [9.17, 15) is 18.5 Å². The number of hydrogen-bond acceptors (Lipinski definition) is 6. The summed E-state index contributed by atoms with van der Waals surface area (Å²) in [6.45, 7) is 0. The standard InChI is InChI=1S/C10H10N4O5S/c1-19-9-3-2-7(4-8(9)14(15)16)13-20(17,18)10-5-11-6-12-10/h2-6,13H,1H3,(H,11,12). The number of nitrogens with zero attached hydrogens (tertiary/aromatic N) is 2. The van der Waals surface area contributed by atoms with Crippen LogP contribution in [-0.2, 0) is 10.0 Å². The molecule has 10 heteroatoms. The first-order valence-electron chi connectivity index (χ1n) is 5.27. The molecule has 1 aromatic heterocycles. The Hall–Kier alpha value is -2.62. The van der Waals surface area contributed by atoms with E-state index in [1.165, 1.54) is 25.6 Å². The van der Waals surface area contributed by atoms with Crippen LogP contribution in [-0.4, -0.2) is 30.4 Å². The summed E-state index contributed by atoms with van der Waals surface area (Å²) < 4.78 is 30.9. The maximum Gasteiger partial charge on any atom is 0.312 e. The number of anilines is 1. The second-order valence-corrected chi connectivity index (χ2v) is 5.32. The van der Waals surface area contributed by atoms with Gasteiger partial charge in [-0.2, -0.15) is 8.42 Å². The van der Waals surface area contributed by atoms with Gasteiger partial charge < -0.3 is 9.72 Å². The maximum atomic E-state index is 11.9. The second-order valence-electron chi connectivity index (χ2n) is 3.67. The predicted octanol–water partition coefficient (Wildman–Crippen LogP) is 1.13. The molecule has 0 aliphatic heterocycles. The zero-order valence-corrected chi connectivity index (χ0v) is 11.0. The van der Waals surface area contributed by atoms with Gasteiger partial charge in [0, 0.05) is 6.07 Å². The number of nitro benzene ring substituents is 1. The van der Waals surface area contributed by atoms with Crippen LogP contribution in [0.5, 0.6) is 5.75 Å². The number of hydrogen-bond donors (Lipinski definition) is 2. The van der Waals surface area contributed by atoms with Crippen LogP contribution in [0.2, 0.25) is 0 Å². The van der Waals surface area contributed by atoms with Crippen LogP contribution in [0.25, 0.3) is 0 Å². The van der Waals surface area contributed by atoms with E-state index in [1.54, 1.807) is 0 Å². The van der Waals surface area contributed by atoms with Crippen LogP contribution >= 0.6 is 0 Å². The fraction of sp³-hybridized carbons (Fsp3) is 0.100. The summed E-state index contributed by atoms with van der Waals surface area (Å²) in [5, 5.41) is 10.7. The molecule has 2 aromatic rings. The van der Waals surface area contributed by atoms with Crippen LogP contribution in [0.15, 0.2) is 35.7 Å². The van der Waals surface area contributed by atoms with E-state index in [-0.39, 0.29) is 22.2 Å². The Morgan fingerprint density at radius 3 is 2.75 bits per heavy atom. The number of nitro groups is 1. The highest BCUT2D eigenvalue weighted by Crippen LogP contribution is 2.30. The highest BCUT2D eigenvalue weighted by atomic mass is 32.2. The number of aromatic amines is 1. The van der Waals surface area contributed by atoms with Gasteiger partial charge in [0.05, 0.1) is 30.2 Å². The topological polar surface area (TPSA) is 127 Å². The molecule has 0 aliphatic carbocycles. The molecule has 2 rings (SSSR count). The molecular formula is C10H10N4O5S. The van der Waals surface area contributed by atoms with E-state index in [2.05, 4.69) is 14.7 Å². The number of H-pyrrole nitrogens is 1. The van der Waals surface area contributed by atoms with Crippen molar-refractivity contribution in [3.63, 3.8) is 0 Å². The van der Waals surface area contributed by atoms with Crippen molar-refractivity contribution in [1.29, 1.82) is 0 Å². The summed E-state index contributed by atoms with van der Waals surface area (Å²) in [5.41, 5.74) is -0.288. The van der Waals surface area contributed by atoms with Crippen molar-refractivity contribution < 1.29 is 18.1 Å². The highest BCUT2D eigenvalue weighted by molar-refractivity contribution is 7.92. The minimum Gasteiger partial charge on any atom is -0.490 e. The summed E-state index contributed by atoms with van der Waals surface area (Å²) in [6.07, 6.45) is 2.34. The van der Waals surface area contributed by atoms with E-state index in [0.717, 1.165) is 12.3 Å². The first-order chi connectivity index (χ1) is 9.44. The van der Waals surface area contributed by atoms with Crippen molar-refractivity contribution in [1.82, 2.24) is 9.97 Å². The summed E-state index contributed by atoms with van der Waals surface area (Å²) in [7, 11) is -2.58. The van der Waals surface area contributed by atoms with E-state index < -0.39 is 14.9 Å². The van der Waals surface area contributed by atoms with Gasteiger partial charge in [0.2, 0.25) is 0 Å². The molecule has 106 valence electrons. The zero-order valence-electron chi connectivity index (χ0n) is 10.2. The SMILES string of the molecule is COc1ccc(NS(=O)(=O)c2cnc[nH]2)cc1[N+](=O)[O-]. The van der Waals surface area contributed by atoms with Gasteiger partial charge in [-0.15, -0.1) is 0 Å². The van der Waals surface area contributed by atoms with Crippen molar-refractivity contribution >= 4 is 21.4 Å². The Labute approximate surface area is 113 Å². The van der Waals surface area contributed by atoms with Crippen LogP contribution < -0.4 is 9.46 Å². The summed E-state index contributed by atoms with van der Waals surface area (Å²) >= 11 is 0. The molecule has 0 amide bonds. The lowest BCUT2D eigenvalue weighted by Crippen LogP contribution is -2.13. The molecule has 0 spiro atoms. The molecule has 0 unspecified atom stereocenters. The minimum absolute atomic E-state index is 0.0412. The Morgan fingerprint density at radius 2 is 2.20 bits per heavy atom. The maximum absolute atomic E-state index is 11.9. The Balaban J connectivity index is 2.36. The number of methoxy groups -OCH3 is 1. The smallest absolute Gasteiger partial charge is 0.312 e. The molecule has 0 fully saturated rings. The van der Waals surface area contributed by atoms with E-state index in [1.807, 2.05) is 0 Å². The van der Waals surface area contributed by atoms with Crippen LogP contribution in [0.4, 0.5) is 11.4 Å². The van der Waals surface area contributed by atoms with E-state index in [4.69, 9.17) is 4.74 Å². The number of aromatic nitrogens is 2. The number of sulfonamides is 1. The van der Waals surface area contributed by atoms with Crippen molar-refractivity contribution in [3.05, 3.63) is 40.8 Å². The molecule has 0 bridgehead atoms.